The number of ether oxygens (including phenoxy) is 2. The van der Waals surface area contributed by atoms with Gasteiger partial charge in [0.05, 0.1) is 25.3 Å². The molecule has 0 fully saturated rings. The van der Waals surface area contributed by atoms with E-state index in [1.807, 2.05) is 31.2 Å². The first kappa shape index (κ1) is 23.1. The zero-order chi connectivity index (χ0) is 24.5. The van der Waals surface area contributed by atoms with Crippen LogP contribution in [0.5, 0.6) is 11.5 Å². The molecule has 2 aromatic carbocycles. The molecule has 0 saturated carbocycles. The van der Waals surface area contributed by atoms with Gasteiger partial charge in [0, 0.05) is 16.5 Å². The molecule has 0 unspecified atom stereocenters. The molecule has 8 heteroatoms. The van der Waals surface area contributed by atoms with E-state index >= 15 is 0 Å². The first-order chi connectivity index (χ1) is 17.0. The predicted molar refractivity (Wildman–Crippen MR) is 139 cm³/mol. The second kappa shape index (κ2) is 9.54. The fourth-order valence-electron chi connectivity index (χ4n) is 4.62. The summed E-state index contributed by atoms with van der Waals surface area (Å²) < 4.78 is 12.1. The lowest BCUT2D eigenvalue weighted by Crippen LogP contribution is -2.30. The number of aryl methyl sites for hydroxylation is 3. The van der Waals surface area contributed by atoms with Crippen molar-refractivity contribution in [1.29, 1.82) is 0 Å². The number of aromatic nitrogens is 2. The van der Waals surface area contributed by atoms with Gasteiger partial charge in [0.15, 0.2) is 0 Å². The Hall–Kier alpha value is -3.65. The highest BCUT2D eigenvalue weighted by atomic mass is 32.1. The van der Waals surface area contributed by atoms with Gasteiger partial charge in [-0.1, -0.05) is 23.8 Å². The molecule has 0 saturated heterocycles. The maximum Gasteiger partial charge on any atom is 0.263 e. The number of benzene rings is 2. The quantitative estimate of drug-likeness (QED) is 0.414. The number of methoxy groups -OCH3 is 2. The van der Waals surface area contributed by atoms with Crippen molar-refractivity contribution < 1.29 is 14.3 Å². The molecule has 5 rings (SSSR count). The van der Waals surface area contributed by atoms with Gasteiger partial charge in [-0.05, 0) is 56.4 Å². The third-order valence-corrected chi connectivity index (χ3v) is 7.52. The average molecular weight is 490 g/mol. The van der Waals surface area contributed by atoms with Gasteiger partial charge in [-0.15, -0.1) is 11.3 Å². The van der Waals surface area contributed by atoms with Gasteiger partial charge in [0.2, 0.25) is 5.91 Å². The Morgan fingerprint density at radius 2 is 1.94 bits per heavy atom. The Labute approximate surface area is 207 Å². The third kappa shape index (κ3) is 4.41. The number of thiophene rings is 1. The topological polar surface area (TPSA) is 82.5 Å². The minimum atomic E-state index is -0.338. The van der Waals surface area contributed by atoms with Crippen LogP contribution in [-0.4, -0.2) is 29.7 Å². The van der Waals surface area contributed by atoms with Crippen LogP contribution in [-0.2, 0) is 24.2 Å². The highest BCUT2D eigenvalue weighted by Crippen LogP contribution is 2.35. The van der Waals surface area contributed by atoms with E-state index in [9.17, 15) is 9.59 Å². The van der Waals surface area contributed by atoms with Gasteiger partial charge in [-0.2, -0.15) is 0 Å². The molecular weight excluding hydrogens is 462 g/mol. The Kier molecular flexibility index (Phi) is 6.30. The smallest absolute Gasteiger partial charge is 0.263 e. The standard InChI is InChI=1S/C27H27N3O4S/c1-16-7-6-8-17(13-16)25-29-26-24(19-9-4-5-10-22(19)35-26)27(32)30(25)15-23(31)28-20-12-11-18(33-2)14-21(20)34-3/h6-8,11-14H,4-5,9-10,15H2,1-3H3,(H,28,31). The number of anilines is 1. The Balaban J connectivity index is 1.59. The SMILES string of the molecule is COc1ccc(NC(=O)Cn2c(-c3cccc(C)c3)nc3sc4c(c3c2=O)CCCC4)c(OC)c1. The summed E-state index contributed by atoms with van der Waals surface area (Å²) in [5, 5.41) is 3.54. The van der Waals surface area contributed by atoms with Crippen LogP contribution in [0.25, 0.3) is 21.6 Å². The number of nitrogens with one attached hydrogen (secondary N) is 1. The Bertz CT molecular complexity index is 1490. The van der Waals surface area contributed by atoms with E-state index in [-0.39, 0.29) is 18.0 Å². The van der Waals surface area contributed by atoms with Gasteiger partial charge in [0.1, 0.15) is 28.7 Å². The van der Waals surface area contributed by atoms with Crippen molar-refractivity contribution in [3.63, 3.8) is 0 Å². The predicted octanol–water partition coefficient (Wildman–Crippen LogP) is 4.97. The molecule has 4 aromatic rings. The minimum Gasteiger partial charge on any atom is -0.497 e. The number of hydrogen-bond donors (Lipinski definition) is 1. The highest BCUT2D eigenvalue weighted by Gasteiger charge is 2.24. The fraction of sp³-hybridized carbons (Fsp3) is 0.296. The van der Waals surface area contributed by atoms with Crippen LogP contribution >= 0.6 is 11.3 Å². The number of carbonyl (C=O) groups is 1. The van der Waals surface area contributed by atoms with E-state index in [4.69, 9.17) is 14.5 Å². The normalized spacial score (nSPS) is 12.9. The molecule has 0 radical (unpaired) electrons. The van der Waals surface area contributed by atoms with Crippen molar-refractivity contribution in [2.45, 2.75) is 39.2 Å². The summed E-state index contributed by atoms with van der Waals surface area (Å²) in [6, 6.07) is 13.0. The molecule has 1 N–H and O–H groups in total. The largest absolute Gasteiger partial charge is 0.497 e. The molecule has 180 valence electrons. The third-order valence-electron chi connectivity index (χ3n) is 6.34. The Morgan fingerprint density at radius 3 is 2.71 bits per heavy atom. The minimum absolute atomic E-state index is 0.162. The van der Waals surface area contributed by atoms with Crippen LogP contribution in [0.15, 0.2) is 47.3 Å². The number of hydrogen-bond acceptors (Lipinski definition) is 6. The first-order valence-electron chi connectivity index (χ1n) is 11.6. The van der Waals surface area contributed by atoms with E-state index in [1.54, 1.807) is 36.6 Å². The summed E-state index contributed by atoms with van der Waals surface area (Å²) in [5.74, 6) is 1.26. The van der Waals surface area contributed by atoms with Crippen LogP contribution in [0.4, 0.5) is 5.69 Å². The zero-order valence-electron chi connectivity index (χ0n) is 20.0. The maximum absolute atomic E-state index is 13.8. The molecular formula is C27H27N3O4S. The summed E-state index contributed by atoms with van der Waals surface area (Å²) in [7, 11) is 3.10. The van der Waals surface area contributed by atoms with Crippen LogP contribution in [0, 0.1) is 6.92 Å². The van der Waals surface area contributed by atoms with E-state index in [0.717, 1.165) is 47.2 Å². The second-order valence-corrected chi connectivity index (χ2v) is 9.79. The average Bonchev–Trinajstić information content (AvgIpc) is 3.24. The van der Waals surface area contributed by atoms with E-state index in [2.05, 4.69) is 5.32 Å². The molecule has 1 aliphatic rings. The van der Waals surface area contributed by atoms with Gasteiger partial charge in [-0.3, -0.25) is 14.2 Å². The molecule has 7 nitrogen and oxygen atoms in total. The lowest BCUT2D eigenvalue weighted by Gasteiger charge is -2.15. The zero-order valence-corrected chi connectivity index (χ0v) is 20.8. The van der Waals surface area contributed by atoms with Crippen molar-refractivity contribution in [3.8, 4) is 22.9 Å². The van der Waals surface area contributed by atoms with Crippen molar-refractivity contribution in [1.82, 2.24) is 9.55 Å². The van der Waals surface area contributed by atoms with Crippen molar-refractivity contribution in [2.75, 3.05) is 19.5 Å². The highest BCUT2D eigenvalue weighted by molar-refractivity contribution is 7.18. The number of amides is 1. The molecule has 0 atom stereocenters. The molecule has 35 heavy (non-hydrogen) atoms. The van der Waals surface area contributed by atoms with Gasteiger partial charge in [-0.25, -0.2) is 4.98 Å². The molecule has 1 aliphatic carbocycles. The van der Waals surface area contributed by atoms with Crippen molar-refractivity contribution in [3.05, 3.63) is 68.8 Å². The molecule has 2 heterocycles. The lowest BCUT2D eigenvalue weighted by molar-refractivity contribution is -0.116. The number of nitrogens with zero attached hydrogens (tertiary/aromatic N) is 2. The molecule has 1 amide bonds. The van der Waals surface area contributed by atoms with Crippen LogP contribution in [0.1, 0.15) is 28.8 Å². The van der Waals surface area contributed by atoms with Crippen LogP contribution in [0.2, 0.25) is 0 Å². The van der Waals surface area contributed by atoms with Crippen LogP contribution in [0.3, 0.4) is 0 Å². The number of carbonyl (C=O) groups excluding carboxylic acids is 1. The molecule has 0 bridgehead atoms. The monoisotopic (exact) mass is 489 g/mol. The lowest BCUT2D eigenvalue weighted by atomic mass is 9.97. The van der Waals surface area contributed by atoms with Gasteiger partial charge >= 0.3 is 0 Å². The van der Waals surface area contributed by atoms with E-state index in [1.165, 1.54) is 16.6 Å². The van der Waals surface area contributed by atoms with Crippen molar-refractivity contribution >= 4 is 33.1 Å². The number of rotatable bonds is 6. The summed E-state index contributed by atoms with van der Waals surface area (Å²) in [6.07, 6.45) is 4.05. The second-order valence-electron chi connectivity index (χ2n) is 8.70. The van der Waals surface area contributed by atoms with E-state index < -0.39 is 0 Å². The van der Waals surface area contributed by atoms with Crippen molar-refractivity contribution in [2.24, 2.45) is 0 Å². The van der Waals surface area contributed by atoms with E-state index in [0.29, 0.717) is 28.4 Å². The molecule has 0 spiro atoms. The number of fused-ring (bicyclic) bond motifs is 3. The van der Waals surface area contributed by atoms with Crippen LogP contribution < -0.4 is 20.3 Å². The fourth-order valence-corrected chi connectivity index (χ4v) is 5.88. The summed E-state index contributed by atoms with van der Waals surface area (Å²) in [5.41, 5.74) is 3.31. The van der Waals surface area contributed by atoms with Gasteiger partial charge < -0.3 is 14.8 Å². The summed E-state index contributed by atoms with van der Waals surface area (Å²) in [6.45, 7) is 1.84. The first-order valence-corrected chi connectivity index (χ1v) is 12.4. The molecule has 0 aliphatic heterocycles. The molecule has 2 aromatic heterocycles. The maximum atomic E-state index is 13.8. The Morgan fingerprint density at radius 1 is 1.11 bits per heavy atom. The summed E-state index contributed by atoms with van der Waals surface area (Å²) >= 11 is 1.61. The summed E-state index contributed by atoms with van der Waals surface area (Å²) in [4.78, 5) is 34.0. The van der Waals surface area contributed by atoms with Gasteiger partial charge in [0.25, 0.3) is 5.56 Å².